The summed E-state index contributed by atoms with van der Waals surface area (Å²) < 4.78 is 0.883. The van der Waals surface area contributed by atoms with Crippen molar-refractivity contribution in [1.29, 1.82) is 0 Å². The molecule has 0 unspecified atom stereocenters. The van der Waals surface area contributed by atoms with Gasteiger partial charge in [0, 0.05) is 16.9 Å². The topological polar surface area (TPSA) is 89.1 Å². The average Bonchev–Trinajstić information content (AvgIpc) is 2.34. The zero-order chi connectivity index (χ0) is 13.1. The molecule has 0 spiro atoms. The van der Waals surface area contributed by atoms with Crippen LogP contribution < -0.4 is 5.73 Å². The van der Waals surface area contributed by atoms with Gasteiger partial charge < -0.3 is 10.8 Å². The van der Waals surface area contributed by atoms with Crippen molar-refractivity contribution in [3.8, 4) is 0 Å². The minimum Gasteiger partial charge on any atom is -0.478 e. The number of hydrogen-bond acceptors (Lipinski definition) is 5. The quantitative estimate of drug-likeness (QED) is 0.901. The Balaban J connectivity index is 2.24. The van der Waals surface area contributed by atoms with Gasteiger partial charge >= 0.3 is 5.97 Å². The second kappa shape index (κ2) is 5.36. The van der Waals surface area contributed by atoms with E-state index in [0.29, 0.717) is 10.7 Å². The first kappa shape index (κ1) is 12.8. The van der Waals surface area contributed by atoms with Crippen LogP contribution in [0.1, 0.15) is 10.4 Å². The van der Waals surface area contributed by atoms with Crippen LogP contribution in [-0.4, -0.2) is 21.0 Å². The Hall–Kier alpha value is -1.60. The third-order valence-corrected chi connectivity index (χ3v) is 3.48. The number of aromatic carboxylic acids is 1. The van der Waals surface area contributed by atoms with Crippen LogP contribution in [0.2, 0.25) is 0 Å². The molecule has 2 aromatic heterocycles. The van der Waals surface area contributed by atoms with Gasteiger partial charge in [-0.15, -0.1) is 0 Å². The molecule has 2 heterocycles. The molecule has 0 aliphatic heterocycles. The largest absolute Gasteiger partial charge is 0.478 e. The number of halogens is 1. The minimum atomic E-state index is -1.05. The summed E-state index contributed by atoms with van der Waals surface area (Å²) in [5.74, 6) is -1.05. The summed E-state index contributed by atoms with van der Waals surface area (Å²) in [5, 5.41) is 10.1. The van der Waals surface area contributed by atoms with Gasteiger partial charge in [0.05, 0.1) is 11.3 Å². The molecule has 0 bridgehead atoms. The van der Waals surface area contributed by atoms with Crippen molar-refractivity contribution >= 4 is 39.3 Å². The number of carboxylic acid groups (broad SMARTS) is 1. The van der Waals surface area contributed by atoms with E-state index in [1.807, 2.05) is 12.1 Å². The fourth-order valence-corrected chi connectivity index (χ4v) is 2.15. The highest BCUT2D eigenvalue weighted by Gasteiger charge is 2.09. The molecular formula is C11H8BrN3O2S. The molecule has 0 aromatic carbocycles. The monoisotopic (exact) mass is 325 g/mol. The van der Waals surface area contributed by atoms with E-state index in [0.717, 1.165) is 9.50 Å². The number of rotatable bonds is 3. The van der Waals surface area contributed by atoms with Gasteiger partial charge in [0.2, 0.25) is 0 Å². The van der Waals surface area contributed by atoms with Crippen LogP contribution in [0.5, 0.6) is 0 Å². The number of nitrogen functional groups attached to an aromatic ring is 1. The highest BCUT2D eigenvalue weighted by molar-refractivity contribution is 9.10. The normalized spacial score (nSPS) is 10.3. The van der Waals surface area contributed by atoms with Crippen molar-refractivity contribution in [3.63, 3.8) is 0 Å². The second-order valence-corrected chi connectivity index (χ2v) is 5.27. The van der Waals surface area contributed by atoms with Gasteiger partial charge in [0.1, 0.15) is 10.1 Å². The van der Waals surface area contributed by atoms with Gasteiger partial charge in [-0.05, 0) is 45.9 Å². The lowest BCUT2D eigenvalue weighted by molar-refractivity contribution is 0.0696. The number of carboxylic acids is 1. The first-order valence-electron chi connectivity index (χ1n) is 4.84. The van der Waals surface area contributed by atoms with Crippen molar-refractivity contribution in [2.45, 2.75) is 10.1 Å². The summed E-state index contributed by atoms with van der Waals surface area (Å²) in [6.45, 7) is 0. The zero-order valence-corrected chi connectivity index (χ0v) is 11.4. The Morgan fingerprint density at radius 2 is 2.11 bits per heavy atom. The molecule has 7 heteroatoms. The molecule has 0 aliphatic carbocycles. The predicted molar refractivity (Wildman–Crippen MR) is 71.7 cm³/mol. The first-order chi connectivity index (χ1) is 8.56. The Morgan fingerprint density at radius 1 is 1.33 bits per heavy atom. The fourth-order valence-electron chi connectivity index (χ4n) is 1.19. The highest BCUT2D eigenvalue weighted by Crippen LogP contribution is 2.29. The number of carbonyl (C=O) groups is 1. The fraction of sp³-hybridized carbons (Fsp3) is 0. The third kappa shape index (κ3) is 2.99. The van der Waals surface area contributed by atoms with E-state index in [-0.39, 0.29) is 5.56 Å². The number of anilines is 1. The van der Waals surface area contributed by atoms with E-state index in [1.165, 1.54) is 24.0 Å². The standard InChI is InChI=1S/C11H8BrN3O2S/c12-7-1-2-9(14-5-7)18-10-8(13)3-6(4-15-10)11(16)17/h1-5H,13H2,(H,16,17). The summed E-state index contributed by atoms with van der Waals surface area (Å²) in [4.78, 5) is 18.9. The zero-order valence-electron chi connectivity index (χ0n) is 9.00. The van der Waals surface area contributed by atoms with E-state index >= 15 is 0 Å². The molecule has 0 saturated carbocycles. The maximum atomic E-state index is 10.7. The maximum absolute atomic E-state index is 10.7. The van der Waals surface area contributed by atoms with Gasteiger partial charge in [0.15, 0.2) is 0 Å². The van der Waals surface area contributed by atoms with E-state index in [9.17, 15) is 4.79 Å². The van der Waals surface area contributed by atoms with Crippen LogP contribution in [0.4, 0.5) is 5.69 Å². The number of hydrogen-bond donors (Lipinski definition) is 2. The number of nitrogens with two attached hydrogens (primary N) is 1. The lowest BCUT2D eigenvalue weighted by atomic mass is 10.3. The summed E-state index contributed by atoms with van der Waals surface area (Å²) in [6.07, 6.45) is 2.95. The van der Waals surface area contributed by atoms with Gasteiger partial charge in [-0.2, -0.15) is 0 Å². The van der Waals surface area contributed by atoms with Gasteiger partial charge in [-0.1, -0.05) is 0 Å². The van der Waals surface area contributed by atoms with Crippen molar-refractivity contribution in [2.75, 3.05) is 5.73 Å². The predicted octanol–water partition coefficient (Wildman–Crippen LogP) is 2.67. The molecule has 92 valence electrons. The van der Waals surface area contributed by atoms with E-state index in [4.69, 9.17) is 10.8 Å². The van der Waals surface area contributed by atoms with Crippen LogP contribution in [0, 0.1) is 0 Å². The van der Waals surface area contributed by atoms with Crippen molar-refractivity contribution in [3.05, 3.63) is 40.6 Å². The summed E-state index contributed by atoms with van der Waals surface area (Å²) in [6, 6.07) is 5.06. The second-order valence-electron chi connectivity index (χ2n) is 3.34. The molecule has 0 amide bonds. The maximum Gasteiger partial charge on any atom is 0.337 e. The number of nitrogens with zero attached hydrogens (tertiary/aromatic N) is 2. The molecule has 0 aliphatic rings. The first-order valence-corrected chi connectivity index (χ1v) is 6.45. The van der Waals surface area contributed by atoms with Crippen LogP contribution >= 0.6 is 27.7 Å². The van der Waals surface area contributed by atoms with Gasteiger partial charge in [-0.3, -0.25) is 0 Å². The van der Waals surface area contributed by atoms with Crippen LogP contribution in [0.25, 0.3) is 0 Å². The number of pyridine rings is 2. The summed E-state index contributed by atoms with van der Waals surface area (Å²) >= 11 is 4.58. The lowest BCUT2D eigenvalue weighted by Crippen LogP contribution is -2.01. The SMILES string of the molecule is Nc1cc(C(=O)O)cnc1Sc1ccc(Br)cn1. The molecule has 0 saturated heterocycles. The summed E-state index contributed by atoms with van der Waals surface area (Å²) in [5.41, 5.74) is 6.15. The highest BCUT2D eigenvalue weighted by atomic mass is 79.9. The summed E-state index contributed by atoms with van der Waals surface area (Å²) in [7, 11) is 0. The van der Waals surface area contributed by atoms with E-state index in [1.54, 1.807) is 6.20 Å². The van der Waals surface area contributed by atoms with Crippen molar-refractivity contribution in [2.24, 2.45) is 0 Å². The smallest absolute Gasteiger partial charge is 0.337 e. The van der Waals surface area contributed by atoms with Gasteiger partial charge in [0.25, 0.3) is 0 Å². The molecule has 0 fully saturated rings. The number of aromatic nitrogens is 2. The van der Waals surface area contributed by atoms with E-state index < -0.39 is 5.97 Å². The molecule has 0 atom stereocenters. The molecule has 2 aromatic rings. The molecule has 18 heavy (non-hydrogen) atoms. The Kier molecular flexibility index (Phi) is 3.83. The van der Waals surface area contributed by atoms with Crippen LogP contribution in [0.3, 0.4) is 0 Å². The Labute approximate surface area is 116 Å². The molecule has 3 N–H and O–H groups in total. The van der Waals surface area contributed by atoms with Crippen LogP contribution in [0.15, 0.2) is 45.1 Å². The lowest BCUT2D eigenvalue weighted by Gasteiger charge is -2.04. The minimum absolute atomic E-state index is 0.0700. The van der Waals surface area contributed by atoms with Crippen LogP contribution in [-0.2, 0) is 0 Å². The van der Waals surface area contributed by atoms with Crippen molar-refractivity contribution in [1.82, 2.24) is 9.97 Å². The van der Waals surface area contributed by atoms with Gasteiger partial charge in [-0.25, -0.2) is 14.8 Å². The van der Waals surface area contributed by atoms with Crippen molar-refractivity contribution < 1.29 is 9.90 Å². The van der Waals surface area contributed by atoms with E-state index in [2.05, 4.69) is 25.9 Å². The molecular weight excluding hydrogens is 318 g/mol. The Bertz CT molecular complexity index is 589. The molecule has 0 radical (unpaired) electrons. The Morgan fingerprint density at radius 3 is 2.67 bits per heavy atom. The third-order valence-electron chi connectivity index (χ3n) is 2.03. The molecule has 2 rings (SSSR count). The average molecular weight is 326 g/mol. The molecule has 5 nitrogen and oxygen atoms in total.